The second-order valence-electron chi connectivity index (χ2n) is 7.57. The van der Waals surface area contributed by atoms with Crippen LogP contribution < -0.4 is 10.6 Å². The summed E-state index contributed by atoms with van der Waals surface area (Å²) >= 11 is 0. The van der Waals surface area contributed by atoms with Crippen LogP contribution in [0.1, 0.15) is 16.9 Å². The molecule has 1 aliphatic carbocycles. The highest BCUT2D eigenvalue weighted by atomic mass is 16.2. The van der Waals surface area contributed by atoms with Gasteiger partial charge in [-0.05, 0) is 30.7 Å². The summed E-state index contributed by atoms with van der Waals surface area (Å²) < 4.78 is 0. The number of pyridine rings is 1. The largest absolute Gasteiger partial charge is 0.355 e. The Balaban J connectivity index is 1.35. The number of H-pyrrole nitrogens is 1. The number of aromatic nitrogens is 3. The van der Waals surface area contributed by atoms with E-state index in [1.54, 1.807) is 23.4 Å². The molecule has 3 N–H and O–H groups in total. The highest BCUT2D eigenvalue weighted by molar-refractivity contribution is 5.94. The maximum absolute atomic E-state index is 12.7. The number of aromatic amines is 1. The number of nitrogens with one attached hydrogen (secondary N) is 3. The van der Waals surface area contributed by atoms with E-state index in [1.807, 2.05) is 36.4 Å². The number of piperidine rings is 1. The van der Waals surface area contributed by atoms with Crippen LogP contribution in [0.3, 0.4) is 0 Å². The minimum atomic E-state index is -0.278. The van der Waals surface area contributed by atoms with Gasteiger partial charge in [0.05, 0.1) is 23.5 Å². The van der Waals surface area contributed by atoms with Crippen molar-refractivity contribution in [3.8, 4) is 17.5 Å². The highest BCUT2D eigenvalue weighted by Gasteiger charge is 2.61. The van der Waals surface area contributed by atoms with Crippen molar-refractivity contribution in [1.82, 2.24) is 25.4 Å². The van der Waals surface area contributed by atoms with E-state index in [0.29, 0.717) is 30.4 Å². The van der Waals surface area contributed by atoms with Crippen molar-refractivity contribution in [2.24, 2.45) is 5.92 Å². The molecular formula is C21H19N7O. The van der Waals surface area contributed by atoms with Crippen molar-refractivity contribution in [3.05, 3.63) is 60.6 Å². The van der Waals surface area contributed by atoms with E-state index < -0.39 is 0 Å². The van der Waals surface area contributed by atoms with Gasteiger partial charge < -0.3 is 15.5 Å². The second-order valence-corrected chi connectivity index (χ2v) is 7.57. The third-order valence-corrected chi connectivity index (χ3v) is 5.62. The van der Waals surface area contributed by atoms with Gasteiger partial charge in [-0.15, -0.1) is 0 Å². The SMILES string of the molecule is N#CN1CC2C[C@]2(NC(=O)c2cc(-c3cnccc3Nc3ccccc3)[nH]n2)C1. The Hall–Kier alpha value is -3.86. The Morgan fingerprint density at radius 2 is 2.17 bits per heavy atom. The summed E-state index contributed by atoms with van der Waals surface area (Å²) in [6.07, 6.45) is 6.53. The molecule has 1 amide bonds. The van der Waals surface area contributed by atoms with Gasteiger partial charge in [0.25, 0.3) is 5.91 Å². The van der Waals surface area contributed by atoms with Crippen molar-refractivity contribution in [2.45, 2.75) is 12.0 Å². The molecule has 0 radical (unpaired) electrons. The molecule has 2 fully saturated rings. The number of nitrogens with zero attached hydrogens (tertiary/aromatic N) is 4. The summed E-state index contributed by atoms with van der Waals surface area (Å²) in [6.45, 7) is 1.29. The predicted octanol–water partition coefficient (Wildman–Crippen LogP) is 2.50. The van der Waals surface area contributed by atoms with Crippen LogP contribution in [0.2, 0.25) is 0 Å². The van der Waals surface area contributed by atoms with Crippen LogP contribution in [-0.2, 0) is 0 Å². The van der Waals surface area contributed by atoms with E-state index in [0.717, 1.165) is 23.4 Å². The normalized spacial score (nSPS) is 21.9. The topological polar surface area (TPSA) is 110 Å². The van der Waals surface area contributed by atoms with Gasteiger partial charge in [0, 0.05) is 36.1 Å². The highest BCUT2D eigenvalue weighted by Crippen LogP contribution is 2.49. The number of benzene rings is 1. The van der Waals surface area contributed by atoms with Crippen LogP contribution in [0, 0.1) is 17.4 Å². The molecule has 1 saturated heterocycles. The van der Waals surface area contributed by atoms with Crippen LogP contribution in [0.15, 0.2) is 54.9 Å². The lowest BCUT2D eigenvalue weighted by Crippen LogP contribution is -2.41. The van der Waals surface area contributed by atoms with E-state index in [2.05, 4.69) is 32.0 Å². The molecule has 3 heterocycles. The third kappa shape index (κ3) is 3.17. The minimum Gasteiger partial charge on any atom is -0.355 e. The van der Waals surface area contributed by atoms with Crippen LogP contribution in [-0.4, -0.2) is 44.6 Å². The zero-order valence-corrected chi connectivity index (χ0v) is 15.6. The molecule has 29 heavy (non-hydrogen) atoms. The van der Waals surface area contributed by atoms with Gasteiger partial charge in [0.1, 0.15) is 0 Å². The standard InChI is InChI=1S/C21H19N7O/c22-13-28-11-14-9-21(14,12-28)25-20(29)19-8-18(26-27-19)16-10-23-7-6-17(16)24-15-4-2-1-3-5-15/h1-8,10,14H,9,11-12H2,(H,23,24)(H,25,29)(H,26,27)/t14?,21-/m0/s1. The zero-order valence-electron chi connectivity index (χ0n) is 15.6. The number of hydrogen-bond acceptors (Lipinski definition) is 6. The number of anilines is 2. The quantitative estimate of drug-likeness (QED) is 0.582. The van der Waals surface area contributed by atoms with Crippen molar-refractivity contribution >= 4 is 17.3 Å². The van der Waals surface area contributed by atoms with Gasteiger partial charge in [-0.1, -0.05) is 18.2 Å². The molecule has 1 saturated carbocycles. The maximum atomic E-state index is 12.7. The van der Waals surface area contributed by atoms with Gasteiger partial charge in [0.2, 0.25) is 0 Å². The molecule has 8 nitrogen and oxygen atoms in total. The number of carbonyl (C=O) groups excluding carboxylic acids is 1. The maximum Gasteiger partial charge on any atom is 0.272 e. The Bertz CT molecular complexity index is 1100. The Morgan fingerprint density at radius 3 is 2.97 bits per heavy atom. The zero-order chi connectivity index (χ0) is 19.8. The van der Waals surface area contributed by atoms with E-state index in [1.165, 1.54) is 0 Å². The molecule has 0 bridgehead atoms. The molecule has 1 aromatic carbocycles. The fourth-order valence-corrected chi connectivity index (χ4v) is 4.01. The van der Waals surface area contributed by atoms with Crippen LogP contribution in [0.5, 0.6) is 0 Å². The molecule has 1 unspecified atom stereocenters. The van der Waals surface area contributed by atoms with E-state index >= 15 is 0 Å². The summed E-state index contributed by atoms with van der Waals surface area (Å²) in [5.41, 5.74) is 3.39. The number of rotatable bonds is 5. The minimum absolute atomic E-state index is 0.226. The lowest BCUT2D eigenvalue weighted by atomic mass is 10.1. The summed E-state index contributed by atoms with van der Waals surface area (Å²) in [6, 6.07) is 13.5. The first-order valence-electron chi connectivity index (χ1n) is 9.46. The lowest BCUT2D eigenvalue weighted by molar-refractivity contribution is 0.0924. The van der Waals surface area contributed by atoms with Gasteiger partial charge in [0.15, 0.2) is 11.9 Å². The number of amides is 1. The van der Waals surface area contributed by atoms with E-state index in [9.17, 15) is 4.79 Å². The molecule has 1 aliphatic heterocycles. The molecular weight excluding hydrogens is 366 g/mol. The number of carbonyl (C=O) groups is 1. The summed E-state index contributed by atoms with van der Waals surface area (Å²) in [4.78, 5) is 18.6. The van der Waals surface area contributed by atoms with Gasteiger partial charge >= 0.3 is 0 Å². The van der Waals surface area contributed by atoms with Gasteiger partial charge in [-0.2, -0.15) is 10.4 Å². The van der Waals surface area contributed by atoms with Gasteiger partial charge in [-0.3, -0.25) is 14.9 Å². The van der Waals surface area contributed by atoms with E-state index in [-0.39, 0.29) is 11.4 Å². The molecule has 2 atom stereocenters. The fraction of sp³-hybridized carbons (Fsp3) is 0.238. The summed E-state index contributed by atoms with van der Waals surface area (Å²) in [5.74, 6) is 0.126. The third-order valence-electron chi connectivity index (χ3n) is 5.62. The van der Waals surface area contributed by atoms with Crippen LogP contribution in [0.4, 0.5) is 11.4 Å². The Labute approximate surface area is 167 Å². The van der Waals surface area contributed by atoms with Crippen molar-refractivity contribution < 1.29 is 4.79 Å². The monoisotopic (exact) mass is 385 g/mol. The Morgan fingerprint density at radius 1 is 1.31 bits per heavy atom. The summed E-state index contributed by atoms with van der Waals surface area (Å²) in [5, 5.41) is 22.7. The second kappa shape index (κ2) is 6.63. The van der Waals surface area contributed by atoms with E-state index in [4.69, 9.17) is 5.26 Å². The molecule has 2 aliphatic rings. The number of hydrogen-bond donors (Lipinski definition) is 3. The van der Waals surface area contributed by atoms with Crippen molar-refractivity contribution in [3.63, 3.8) is 0 Å². The fourth-order valence-electron chi connectivity index (χ4n) is 4.01. The molecule has 2 aromatic heterocycles. The van der Waals surface area contributed by atoms with Crippen molar-refractivity contribution in [1.29, 1.82) is 5.26 Å². The smallest absolute Gasteiger partial charge is 0.272 e. The molecule has 144 valence electrons. The van der Waals surface area contributed by atoms with Crippen molar-refractivity contribution in [2.75, 3.05) is 18.4 Å². The Kier molecular flexibility index (Phi) is 3.95. The average molecular weight is 385 g/mol. The first-order valence-corrected chi connectivity index (χ1v) is 9.46. The number of fused-ring (bicyclic) bond motifs is 1. The number of nitriles is 1. The number of likely N-dealkylation sites (tertiary alicyclic amines) is 1. The first kappa shape index (κ1) is 17.3. The summed E-state index contributed by atoms with van der Waals surface area (Å²) in [7, 11) is 0. The number of para-hydroxylation sites is 1. The van der Waals surface area contributed by atoms with Crippen LogP contribution in [0.25, 0.3) is 11.3 Å². The average Bonchev–Trinajstić information content (AvgIpc) is 3.10. The van der Waals surface area contributed by atoms with Gasteiger partial charge in [-0.25, -0.2) is 0 Å². The molecule has 8 heteroatoms. The predicted molar refractivity (Wildman–Crippen MR) is 107 cm³/mol. The molecule has 5 rings (SSSR count). The molecule has 0 spiro atoms. The molecule has 3 aromatic rings. The lowest BCUT2D eigenvalue weighted by Gasteiger charge is -2.16. The first-order chi connectivity index (χ1) is 14.2. The van der Waals surface area contributed by atoms with Crippen LogP contribution >= 0.6 is 0 Å².